The molecule has 0 bridgehead atoms. The molecule has 0 fully saturated rings. The Balaban J connectivity index is 1.94. The van der Waals surface area contributed by atoms with Gasteiger partial charge in [-0.3, -0.25) is 4.79 Å². The van der Waals surface area contributed by atoms with Crippen LogP contribution >= 0.6 is 0 Å². The normalized spacial score (nSPS) is 11.1. The molecule has 0 saturated heterocycles. The quantitative estimate of drug-likeness (QED) is 0.594. The largest absolute Gasteiger partial charge is 0.497 e. The molecule has 0 spiro atoms. The Bertz CT molecular complexity index is 1050. The first-order valence-electron chi connectivity index (χ1n) is 6.78. The molecule has 0 unspecified atom stereocenters. The number of nitrogens with one attached hydrogen (secondary N) is 2. The first kappa shape index (κ1) is 12.6. The second kappa shape index (κ2) is 4.70. The van der Waals surface area contributed by atoms with Gasteiger partial charge in [0.15, 0.2) is 11.5 Å². The molecule has 0 aliphatic carbocycles. The number of imidazole rings is 1. The van der Waals surface area contributed by atoms with E-state index in [4.69, 9.17) is 4.74 Å². The van der Waals surface area contributed by atoms with Crippen molar-refractivity contribution in [3.63, 3.8) is 0 Å². The van der Waals surface area contributed by atoms with Crippen LogP contribution in [0, 0.1) is 0 Å². The van der Waals surface area contributed by atoms with Crippen molar-refractivity contribution >= 4 is 22.1 Å². The lowest BCUT2D eigenvalue weighted by Crippen LogP contribution is -2.12. The van der Waals surface area contributed by atoms with E-state index in [1.165, 1.54) is 0 Å². The van der Waals surface area contributed by atoms with Crippen LogP contribution in [0.15, 0.2) is 47.3 Å². The summed E-state index contributed by atoms with van der Waals surface area (Å²) >= 11 is 0. The average Bonchev–Trinajstić information content (AvgIpc) is 2.96. The van der Waals surface area contributed by atoms with Gasteiger partial charge in [-0.05, 0) is 24.3 Å². The molecule has 0 amide bonds. The maximum atomic E-state index is 12.2. The third-order valence-corrected chi connectivity index (χ3v) is 3.51. The predicted octanol–water partition coefficient (Wildman–Crippen LogP) is 2.47. The number of aromatic nitrogens is 4. The lowest BCUT2D eigenvalue weighted by atomic mass is 10.3. The van der Waals surface area contributed by atoms with Crippen molar-refractivity contribution in [2.45, 2.75) is 0 Å². The molecule has 0 atom stereocenters. The number of fused-ring (bicyclic) bond motifs is 2. The summed E-state index contributed by atoms with van der Waals surface area (Å²) in [4.78, 5) is 27.0. The summed E-state index contributed by atoms with van der Waals surface area (Å²) in [5.41, 5.74) is 2.97. The van der Waals surface area contributed by atoms with Gasteiger partial charge in [0.05, 0.1) is 29.2 Å². The third-order valence-electron chi connectivity index (χ3n) is 3.51. The Labute approximate surface area is 124 Å². The molecule has 2 N–H and O–H groups in total. The fraction of sp³-hybridized carbons (Fsp3) is 0.0625. The molecule has 2 aromatic heterocycles. The van der Waals surface area contributed by atoms with E-state index in [0.29, 0.717) is 11.3 Å². The van der Waals surface area contributed by atoms with Crippen LogP contribution in [0.5, 0.6) is 5.75 Å². The average molecular weight is 292 g/mol. The number of H-pyrrole nitrogens is 2. The zero-order valence-corrected chi connectivity index (χ0v) is 11.8. The fourth-order valence-electron chi connectivity index (χ4n) is 2.42. The summed E-state index contributed by atoms with van der Waals surface area (Å²) in [5, 5.41) is 0. The number of ether oxygens (including phenoxy) is 1. The molecule has 0 radical (unpaired) electrons. The summed E-state index contributed by atoms with van der Waals surface area (Å²) in [6.45, 7) is 0. The van der Waals surface area contributed by atoms with Gasteiger partial charge in [0, 0.05) is 6.07 Å². The summed E-state index contributed by atoms with van der Waals surface area (Å²) in [5.74, 6) is 1.17. The van der Waals surface area contributed by atoms with Crippen molar-refractivity contribution in [2.75, 3.05) is 7.11 Å². The highest BCUT2D eigenvalue weighted by molar-refractivity contribution is 5.81. The fourth-order valence-corrected chi connectivity index (χ4v) is 2.42. The lowest BCUT2D eigenvalue weighted by molar-refractivity contribution is 0.415. The monoisotopic (exact) mass is 292 g/mol. The number of aromatic amines is 2. The third kappa shape index (κ3) is 1.93. The second-order valence-electron chi connectivity index (χ2n) is 4.90. The molecule has 2 heterocycles. The number of para-hydroxylation sites is 2. The van der Waals surface area contributed by atoms with Gasteiger partial charge in [0.1, 0.15) is 5.75 Å². The molecule has 108 valence electrons. The minimum Gasteiger partial charge on any atom is -0.497 e. The van der Waals surface area contributed by atoms with Crippen LogP contribution in [0.4, 0.5) is 0 Å². The second-order valence-corrected chi connectivity index (χ2v) is 4.90. The SMILES string of the molecule is COc1ccc2nc(-c3nc4ccccc4[nH]c3=O)[nH]c2c1. The Kier molecular flexibility index (Phi) is 2.69. The molecule has 6 heteroatoms. The number of benzene rings is 2. The van der Waals surface area contributed by atoms with E-state index in [1.807, 2.05) is 42.5 Å². The summed E-state index contributed by atoms with van der Waals surface area (Å²) in [6, 6.07) is 12.9. The topological polar surface area (TPSA) is 83.7 Å². The Hall–Kier alpha value is -3.15. The Morgan fingerprint density at radius 1 is 0.955 bits per heavy atom. The number of methoxy groups -OCH3 is 1. The smallest absolute Gasteiger partial charge is 0.278 e. The van der Waals surface area contributed by atoms with Crippen LogP contribution in [-0.2, 0) is 0 Å². The number of rotatable bonds is 2. The summed E-state index contributed by atoms with van der Waals surface area (Å²) in [6.07, 6.45) is 0. The van der Waals surface area contributed by atoms with Gasteiger partial charge in [-0.15, -0.1) is 0 Å². The van der Waals surface area contributed by atoms with Gasteiger partial charge in [-0.25, -0.2) is 9.97 Å². The van der Waals surface area contributed by atoms with Crippen LogP contribution in [0.2, 0.25) is 0 Å². The molecule has 0 aliphatic heterocycles. The zero-order valence-electron chi connectivity index (χ0n) is 11.8. The lowest BCUT2D eigenvalue weighted by Gasteiger charge is -1.99. The highest BCUT2D eigenvalue weighted by Gasteiger charge is 2.12. The first-order valence-corrected chi connectivity index (χ1v) is 6.78. The van der Waals surface area contributed by atoms with Gasteiger partial charge < -0.3 is 14.7 Å². The summed E-state index contributed by atoms with van der Waals surface area (Å²) < 4.78 is 5.19. The van der Waals surface area contributed by atoms with Crippen molar-refractivity contribution in [2.24, 2.45) is 0 Å². The van der Waals surface area contributed by atoms with Crippen LogP contribution in [-0.4, -0.2) is 27.0 Å². The van der Waals surface area contributed by atoms with Gasteiger partial charge in [-0.2, -0.15) is 0 Å². The van der Waals surface area contributed by atoms with Crippen molar-refractivity contribution in [1.29, 1.82) is 0 Å². The maximum Gasteiger partial charge on any atom is 0.278 e. The molecule has 4 aromatic rings. The standard InChI is InChI=1S/C16H12N4O2/c1-22-9-6-7-12-13(8-9)19-15(18-12)14-16(21)20-11-5-3-2-4-10(11)17-14/h2-8H,1H3,(H,18,19)(H,20,21). The van der Waals surface area contributed by atoms with Gasteiger partial charge in [0.25, 0.3) is 5.56 Å². The minimum absolute atomic E-state index is 0.272. The van der Waals surface area contributed by atoms with Gasteiger partial charge >= 0.3 is 0 Å². The molecule has 4 rings (SSSR count). The molecule has 22 heavy (non-hydrogen) atoms. The van der Waals surface area contributed by atoms with Crippen molar-refractivity contribution in [1.82, 2.24) is 19.9 Å². The molecule has 0 aliphatic rings. The molecular weight excluding hydrogens is 280 g/mol. The number of hydrogen-bond donors (Lipinski definition) is 2. The predicted molar refractivity (Wildman–Crippen MR) is 84.0 cm³/mol. The van der Waals surface area contributed by atoms with E-state index in [-0.39, 0.29) is 11.3 Å². The van der Waals surface area contributed by atoms with Crippen molar-refractivity contribution < 1.29 is 4.74 Å². The first-order chi connectivity index (χ1) is 10.7. The summed E-state index contributed by atoms with van der Waals surface area (Å²) in [7, 11) is 1.61. The molecule has 0 saturated carbocycles. The molecule has 2 aromatic carbocycles. The number of hydrogen-bond acceptors (Lipinski definition) is 4. The maximum absolute atomic E-state index is 12.2. The van der Waals surface area contributed by atoms with Crippen LogP contribution < -0.4 is 10.3 Å². The minimum atomic E-state index is -0.273. The van der Waals surface area contributed by atoms with Crippen molar-refractivity contribution in [3.05, 3.63) is 52.8 Å². The van der Waals surface area contributed by atoms with E-state index in [0.717, 1.165) is 22.3 Å². The van der Waals surface area contributed by atoms with E-state index >= 15 is 0 Å². The Morgan fingerprint density at radius 3 is 2.64 bits per heavy atom. The zero-order chi connectivity index (χ0) is 15.1. The van der Waals surface area contributed by atoms with E-state index in [1.54, 1.807) is 7.11 Å². The number of nitrogens with zero attached hydrogens (tertiary/aromatic N) is 2. The molecular formula is C16H12N4O2. The highest BCUT2D eigenvalue weighted by Crippen LogP contribution is 2.22. The van der Waals surface area contributed by atoms with E-state index in [2.05, 4.69) is 19.9 Å². The van der Waals surface area contributed by atoms with Crippen LogP contribution in [0.25, 0.3) is 33.6 Å². The van der Waals surface area contributed by atoms with Crippen LogP contribution in [0.1, 0.15) is 0 Å². The van der Waals surface area contributed by atoms with Crippen LogP contribution in [0.3, 0.4) is 0 Å². The van der Waals surface area contributed by atoms with E-state index < -0.39 is 0 Å². The Morgan fingerprint density at radius 2 is 1.77 bits per heavy atom. The van der Waals surface area contributed by atoms with Crippen molar-refractivity contribution in [3.8, 4) is 17.3 Å². The van der Waals surface area contributed by atoms with Gasteiger partial charge in [-0.1, -0.05) is 12.1 Å². The highest BCUT2D eigenvalue weighted by atomic mass is 16.5. The van der Waals surface area contributed by atoms with Gasteiger partial charge in [0.2, 0.25) is 0 Å². The van der Waals surface area contributed by atoms with E-state index in [9.17, 15) is 4.79 Å². The molecule has 6 nitrogen and oxygen atoms in total.